The average Bonchev–Trinajstić information content (AvgIpc) is 2.01. The Morgan fingerprint density at radius 1 is 1.36 bits per heavy atom. The molecule has 0 aromatic carbocycles. The normalized spacial score (nSPS) is 12.2. The zero-order valence-corrected chi connectivity index (χ0v) is 9.57. The van der Waals surface area contributed by atoms with E-state index in [0.717, 1.165) is 4.57 Å². The summed E-state index contributed by atoms with van der Waals surface area (Å²) in [6, 6.07) is 1.33. The van der Waals surface area contributed by atoms with Crippen LogP contribution in [0.4, 0.5) is 0 Å². The van der Waals surface area contributed by atoms with Gasteiger partial charge in [0, 0.05) is 18.5 Å². The monoisotopic (exact) mass is 210 g/mol. The molecular weight excluding hydrogens is 196 g/mol. The molecule has 0 saturated carbocycles. The minimum absolute atomic E-state index is 0.303. The molecule has 4 nitrogen and oxygen atoms in total. The van der Waals surface area contributed by atoms with Crippen molar-refractivity contribution < 1.29 is 0 Å². The van der Waals surface area contributed by atoms with E-state index in [4.69, 9.17) is 0 Å². The smallest absolute Gasteiger partial charge is 0.314 e. The van der Waals surface area contributed by atoms with Gasteiger partial charge in [-0.1, -0.05) is 25.3 Å². The molecule has 1 aromatic rings. The maximum Gasteiger partial charge on any atom is 0.332 e. The van der Waals surface area contributed by atoms with Crippen molar-refractivity contribution in [2.24, 2.45) is 0 Å². The third kappa shape index (κ3) is 2.84. The van der Waals surface area contributed by atoms with Gasteiger partial charge in [0.15, 0.2) is 0 Å². The van der Waals surface area contributed by atoms with Crippen molar-refractivity contribution in [1.29, 1.82) is 0 Å². The van der Waals surface area contributed by atoms with Gasteiger partial charge in [-0.15, -0.1) is 0 Å². The van der Waals surface area contributed by atoms with E-state index in [1.54, 1.807) is 6.20 Å². The number of aromatic nitrogens is 2. The fourth-order valence-electron chi connectivity index (χ4n) is 0.873. The highest BCUT2D eigenvalue weighted by Gasteiger charge is 2.07. The lowest BCUT2D eigenvalue weighted by Crippen LogP contribution is -2.31. The van der Waals surface area contributed by atoms with Gasteiger partial charge in [-0.2, -0.15) is 0 Å². The lowest BCUT2D eigenvalue weighted by atomic mass is 10.6. The van der Waals surface area contributed by atoms with Crippen molar-refractivity contribution in [3.05, 3.63) is 38.8 Å². The van der Waals surface area contributed by atoms with Crippen LogP contribution in [0.15, 0.2) is 27.6 Å². The highest BCUT2D eigenvalue weighted by Crippen LogP contribution is 2.01. The van der Waals surface area contributed by atoms with Gasteiger partial charge in [-0.25, -0.2) is 9.36 Å². The molecule has 76 valence electrons. The van der Waals surface area contributed by atoms with E-state index in [1.165, 1.54) is 12.3 Å². The summed E-state index contributed by atoms with van der Waals surface area (Å²) < 4.78 is 1.08. The molecule has 1 aromatic heterocycles. The van der Waals surface area contributed by atoms with Gasteiger partial charge in [-0.05, 0) is 0 Å². The molecule has 0 bridgehead atoms. The van der Waals surface area contributed by atoms with E-state index in [0.29, 0.717) is 0 Å². The molecule has 1 N–H and O–H groups in total. The lowest BCUT2D eigenvalue weighted by Gasteiger charge is -2.07. The molecule has 0 fully saturated rings. The predicted molar refractivity (Wildman–Crippen MR) is 60.0 cm³/mol. The zero-order valence-electron chi connectivity index (χ0n) is 8.57. The lowest BCUT2D eigenvalue weighted by molar-refractivity contribution is 0.921. The van der Waals surface area contributed by atoms with Gasteiger partial charge in [-0.3, -0.25) is 4.79 Å². The number of aromatic amines is 1. The van der Waals surface area contributed by atoms with Crippen molar-refractivity contribution in [3.8, 4) is 0 Å². The summed E-state index contributed by atoms with van der Waals surface area (Å²) in [5.41, 5.74) is 1.25. The summed E-state index contributed by atoms with van der Waals surface area (Å²) in [5.74, 6) is 0. The molecule has 14 heavy (non-hydrogen) atoms. The molecule has 0 amide bonds. The summed E-state index contributed by atoms with van der Waals surface area (Å²) in [5, 5.41) is 0. The largest absolute Gasteiger partial charge is 0.332 e. The van der Waals surface area contributed by atoms with Crippen LogP contribution in [0.1, 0.15) is 0 Å². The molecule has 0 unspecified atom stereocenters. The molecule has 0 aliphatic rings. The zero-order chi connectivity index (χ0) is 10.8. The van der Waals surface area contributed by atoms with Gasteiger partial charge in [0.1, 0.15) is 0 Å². The van der Waals surface area contributed by atoms with Crippen LogP contribution in [0.3, 0.4) is 0 Å². The van der Waals surface area contributed by atoms with Gasteiger partial charge in [0.2, 0.25) is 0 Å². The average molecular weight is 210 g/mol. The first-order valence-corrected chi connectivity index (χ1v) is 7.97. The molecule has 1 heterocycles. The van der Waals surface area contributed by atoms with Crippen LogP contribution in [0.2, 0.25) is 19.6 Å². The number of rotatable bonds is 2. The topological polar surface area (TPSA) is 54.9 Å². The molecule has 0 spiro atoms. The Morgan fingerprint density at radius 2 is 2.00 bits per heavy atom. The van der Waals surface area contributed by atoms with Crippen LogP contribution in [0, 0.1) is 0 Å². The fourth-order valence-corrected chi connectivity index (χ4v) is 1.47. The number of H-pyrrole nitrogens is 1. The van der Waals surface area contributed by atoms with Crippen molar-refractivity contribution in [2.45, 2.75) is 19.6 Å². The van der Waals surface area contributed by atoms with Crippen LogP contribution in [-0.4, -0.2) is 17.6 Å². The van der Waals surface area contributed by atoms with E-state index in [1.807, 2.05) is 5.70 Å². The standard InChI is InChI=1S/C9H14N2O2Si/c1-14(2,3)7-6-11-8(12)4-5-10-9(11)13/h4-7H,1-3H3,(H,10,13). The van der Waals surface area contributed by atoms with Crippen LogP contribution in [0.5, 0.6) is 0 Å². The van der Waals surface area contributed by atoms with Crippen LogP contribution >= 0.6 is 0 Å². The Labute approximate surface area is 82.9 Å². The Hall–Kier alpha value is -1.36. The Balaban J connectivity index is 3.16. The van der Waals surface area contributed by atoms with Crippen molar-refractivity contribution >= 4 is 14.3 Å². The van der Waals surface area contributed by atoms with Crippen LogP contribution in [-0.2, 0) is 0 Å². The summed E-state index contributed by atoms with van der Waals surface area (Å²) in [4.78, 5) is 24.9. The fraction of sp³-hybridized carbons (Fsp3) is 0.333. The second kappa shape index (κ2) is 3.79. The second-order valence-electron chi connectivity index (χ2n) is 4.17. The van der Waals surface area contributed by atoms with E-state index in [2.05, 4.69) is 24.6 Å². The SMILES string of the molecule is C[Si](C)(C)C=Cn1c(=O)cc[nH]c1=O. The minimum atomic E-state index is -1.38. The number of hydrogen-bond acceptors (Lipinski definition) is 2. The van der Waals surface area contributed by atoms with Crippen LogP contribution in [0.25, 0.3) is 6.20 Å². The summed E-state index contributed by atoms with van der Waals surface area (Å²) in [6.07, 6.45) is 2.91. The summed E-state index contributed by atoms with van der Waals surface area (Å²) in [7, 11) is -1.38. The predicted octanol–water partition coefficient (Wildman–Crippen LogP) is 0.885. The highest BCUT2D eigenvalue weighted by molar-refractivity contribution is 6.81. The summed E-state index contributed by atoms with van der Waals surface area (Å²) >= 11 is 0. The maximum atomic E-state index is 11.3. The molecule has 0 aliphatic carbocycles. The number of hydrogen-bond donors (Lipinski definition) is 1. The van der Waals surface area contributed by atoms with Crippen molar-refractivity contribution in [2.75, 3.05) is 0 Å². The van der Waals surface area contributed by atoms with Gasteiger partial charge in [0.25, 0.3) is 5.56 Å². The van der Waals surface area contributed by atoms with Gasteiger partial charge < -0.3 is 4.98 Å². The third-order valence-electron chi connectivity index (χ3n) is 1.61. The Kier molecular flexibility index (Phi) is 2.90. The molecule has 0 saturated heterocycles. The molecule has 0 radical (unpaired) electrons. The van der Waals surface area contributed by atoms with Crippen molar-refractivity contribution in [3.63, 3.8) is 0 Å². The van der Waals surface area contributed by atoms with E-state index < -0.39 is 13.8 Å². The molecule has 0 atom stereocenters. The summed E-state index contributed by atoms with van der Waals surface area (Å²) in [6.45, 7) is 6.39. The minimum Gasteiger partial charge on any atom is -0.314 e. The highest BCUT2D eigenvalue weighted by atomic mass is 28.3. The Bertz CT molecular complexity index is 423. The quantitative estimate of drug-likeness (QED) is 0.737. The maximum absolute atomic E-state index is 11.3. The molecule has 5 heteroatoms. The first-order chi connectivity index (χ1) is 6.40. The van der Waals surface area contributed by atoms with E-state index in [9.17, 15) is 9.59 Å². The molecule has 0 aliphatic heterocycles. The molecular formula is C9H14N2O2Si. The van der Waals surface area contributed by atoms with E-state index in [-0.39, 0.29) is 5.56 Å². The second-order valence-corrected chi connectivity index (χ2v) is 9.24. The van der Waals surface area contributed by atoms with Gasteiger partial charge in [0.05, 0.1) is 8.07 Å². The first-order valence-electron chi connectivity index (χ1n) is 4.40. The Morgan fingerprint density at radius 3 is 2.50 bits per heavy atom. The van der Waals surface area contributed by atoms with Gasteiger partial charge >= 0.3 is 5.69 Å². The number of nitrogens with zero attached hydrogens (tertiary/aromatic N) is 1. The van der Waals surface area contributed by atoms with E-state index >= 15 is 0 Å². The number of nitrogens with one attached hydrogen (secondary N) is 1. The molecule has 1 rings (SSSR count). The third-order valence-corrected chi connectivity index (χ3v) is 2.76. The first kappa shape index (κ1) is 10.7. The van der Waals surface area contributed by atoms with Crippen molar-refractivity contribution in [1.82, 2.24) is 9.55 Å². The van der Waals surface area contributed by atoms with Crippen LogP contribution < -0.4 is 11.2 Å².